The molecule has 0 aromatic carbocycles. The summed E-state index contributed by atoms with van der Waals surface area (Å²) >= 11 is 1.83. The largest absolute Gasteiger partial charge is 0.362 e. The number of aliphatic imine (C=N–C) groups is 1. The van der Waals surface area contributed by atoms with Gasteiger partial charge in [0.1, 0.15) is 0 Å². The van der Waals surface area contributed by atoms with Crippen LogP contribution in [0.5, 0.6) is 0 Å². The van der Waals surface area contributed by atoms with Gasteiger partial charge in [-0.15, -0.1) is 0 Å². The number of nitrogens with zero attached hydrogens (tertiary/aromatic N) is 1. The molecule has 0 radical (unpaired) electrons. The number of rotatable bonds is 5. The molecule has 0 spiro atoms. The first-order valence-corrected chi connectivity index (χ1v) is 9.10. The number of allylic oxidation sites excluding steroid dienone is 1. The van der Waals surface area contributed by atoms with Crippen molar-refractivity contribution in [2.45, 2.75) is 65.8 Å². The van der Waals surface area contributed by atoms with Gasteiger partial charge in [-0.25, -0.2) is 0 Å². The molecular weight excluding hydrogens is 264 g/mol. The van der Waals surface area contributed by atoms with Gasteiger partial charge in [-0.1, -0.05) is 56.5 Å². The van der Waals surface area contributed by atoms with E-state index in [-0.39, 0.29) is 0 Å². The van der Waals surface area contributed by atoms with Gasteiger partial charge in [0, 0.05) is 18.8 Å². The van der Waals surface area contributed by atoms with Crippen molar-refractivity contribution < 1.29 is 0 Å². The summed E-state index contributed by atoms with van der Waals surface area (Å²) in [5.41, 5.74) is 1.38. The van der Waals surface area contributed by atoms with E-state index in [0.717, 1.165) is 22.8 Å². The second-order valence-corrected chi connectivity index (χ2v) is 7.07. The molecule has 3 heteroatoms. The molecule has 0 aromatic heterocycles. The van der Waals surface area contributed by atoms with Gasteiger partial charge >= 0.3 is 0 Å². The summed E-state index contributed by atoms with van der Waals surface area (Å²) < 4.78 is 0. The number of hydrogen-bond acceptors (Lipinski definition) is 2. The Bertz CT molecular complexity index is 320. The molecule has 0 saturated heterocycles. The Morgan fingerprint density at radius 1 is 1.20 bits per heavy atom. The summed E-state index contributed by atoms with van der Waals surface area (Å²) in [6.45, 7) is 8.96. The molecule has 1 rings (SSSR count). The molecule has 2 atom stereocenters. The van der Waals surface area contributed by atoms with Gasteiger partial charge in [-0.05, 0) is 38.5 Å². The molecule has 20 heavy (non-hydrogen) atoms. The van der Waals surface area contributed by atoms with Crippen molar-refractivity contribution in [2.24, 2.45) is 16.8 Å². The quantitative estimate of drug-likeness (QED) is 0.445. The van der Waals surface area contributed by atoms with Gasteiger partial charge in [0.05, 0.1) is 0 Å². The van der Waals surface area contributed by atoms with Crippen LogP contribution in [0.3, 0.4) is 0 Å². The van der Waals surface area contributed by atoms with Crippen LogP contribution in [0.15, 0.2) is 16.6 Å². The van der Waals surface area contributed by atoms with Crippen molar-refractivity contribution in [3.05, 3.63) is 11.6 Å². The molecule has 0 bridgehead atoms. The molecule has 116 valence electrons. The normalized spacial score (nSPS) is 27.2. The predicted octanol–water partition coefficient (Wildman–Crippen LogP) is 4.87. The highest BCUT2D eigenvalue weighted by Gasteiger charge is 2.31. The van der Waals surface area contributed by atoms with E-state index >= 15 is 0 Å². The highest BCUT2D eigenvalue weighted by molar-refractivity contribution is 8.13. The Morgan fingerprint density at radius 3 is 2.25 bits per heavy atom. The van der Waals surface area contributed by atoms with Crippen molar-refractivity contribution in [1.29, 1.82) is 0 Å². The zero-order valence-electron chi connectivity index (χ0n) is 13.9. The van der Waals surface area contributed by atoms with Gasteiger partial charge in [0.15, 0.2) is 5.17 Å². The fraction of sp³-hybridized carbons (Fsp3) is 0.824. The molecule has 1 N–H and O–H groups in total. The van der Waals surface area contributed by atoms with Gasteiger partial charge in [-0.3, -0.25) is 4.99 Å². The average molecular weight is 297 g/mol. The first-order chi connectivity index (χ1) is 9.62. The fourth-order valence-corrected chi connectivity index (χ4v) is 4.06. The molecule has 0 heterocycles. The van der Waals surface area contributed by atoms with Crippen LogP contribution >= 0.6 is 11.8 Å². The highest BCUT2D eigenvalue weighted by Crippen LogP contribution is 2.33. The minimum absolute atomic E-state index is 0.622. The van der Waals surface area contributed by atoms with Crippen LogP contribution in [-0.4, -0.2) is 24.0 Å². The topological polar surface area (TPSA) is 24.4 Å². The van der Waals surface area contributed by atoms with E-state index in [1.807, 2.05) is 18.8 Å². The molecule has 1 saturated carbocycles. The molecule has 1 aliphatic rings. The van der Waals surface area contributed by atoms with E-state index in [1.54, 1.807) is 0 Å². The Balaban J connectivity index is 2.62. The second-order valence-electron chi connectivity index (χ2n) is 6.06. The van der Waals surface area contributed by atoms with E-state index in [4.69, 9.17) is 0 Å². The number of thioether (sulfide) groups is 1. The van der Waals surface area contributed by atoms with Gasteiger partial charge in [0.25, 0.3) is 0 Å². The third-order valence-corrected chi connectivity index (χ3v) is 5.33. The SMILES string of the molecule is CCC1CCCC(CC)C1NC(=NC)SCC=C(C)C. The summed E-state index contributed by atoms with van der Waals surface area (Å²) in [4.78, 5) is 4.46. The van der Waals surface area contributed by atoms with Crippen molar-refractivity contribution in [3.63, 3.8) is 0 Å². The Kier molecular flexibility index (Phi) is 8.35. The van der Waals surface area contributed by atoms with E-state index in [2.05, 4.69) is 44.1 Å². The molecule has 2 nitrogen and oxygen atoms in total. The summed E-state index contributed by atoms with van der Waals surface area (Å²) in [5.74, 6) is 2.64. The first kappa shape index (κ1) is 17.6. The molecule has 0 aliphatic heterocycles. The molecule has 0 amide bonds. The van der Waals surface area contributed by atoms with E-state index in [1.165, 1.54) is 37.7 Å². The molecular formula is C17H32N2S. The van der Waals surface area contributed by atoms with E-state index in [0.29, 0.717) is 6.04 Å². The van der Waals surface area contributed by atoms with E-state index < -0.39 is 0 Å². The lowest BCUT2D eigenvalue weighted by Crippen LogP contribution is -2.46. The highest BCUT2D eigenvalue weighted by atomic mass is 32.2. The van der Waals surface area contributed by atoms with Crippen molar-refractivity contribution >= 4 is 16.9 Å². The summed E-state index contributed by atoms with van der Waals surface area (Å²) in [6, 6.07) is 0.622. The maximum absolute atomic E-state index is 4.46. The number of amidine groups is 1. The summed E-state index contributed by atoms with van der Waals surface area (Å²) in [6.07, 6.45) is 8.99. The third-order valence-electron chi connectivity index (χ3n) is 4.42. The van der Waals surface area contributed by atoms with Crippen LogP contribution in [0.25, 0.3) is 0 Å². The fourth-order valence-electron chi connectivity index (χ4n) is 3.14. The minimum Gasteiger partial charge on any atom is -0.362 e. The Hall–Kier alpha value is -0.440. The zero-order chi connectivity index (χ0) is 15.0. The smallest absolute Gasteiger partial charge is 0.156 e. The Morgan fingerprint density at radius 2 is 1.80 bits per heavy atom. The van der Waals surface area contributed by atoms with Crippen LogP contribution in [0, 0.1) is 11.8 Å². The minimum atomic E-state index is 0.622. The standard InChI is InChI=1S/C17H32N2S/c1-6-14-9-8-10-15(7-2)16(14)19-17(18-5)20-12-11-13(3)4/h11,14-16H,6-10,12H2,1-5H3,(H,18,19). The molecule has 1 aliphatic carbocycles. The predicted molar refractivity (Wildman–Crippen MR) is 93.6 cm³/mol. The van der Waals surface area contributed by atoms with Crippen molar-refractivity contribution in [1.82, 2.24) is 5.32 Å². The van der Waals surface area contributed by atoms with Crippen molar-refractivity contribution in [2.75, 3.05) is 12.8 Å². The first-order valence-electron chi connectivity index (χ1n) is 8.11. The van der Waals surface area contributed by atoms with Crippen LogP contribution in [0.4, 0.5) is 0 Å². The van der Waals surface area contributed by atoms with Crippen molar-refractivity contribution in [3.8, 4) is 0 Å². The van der Waals surface area contributed by atoms with E-state index in [9.17, 15) is 0 Å². The second kappa shape index (κ2) is 9.49. The molecule has 0 aromatic rings. The maximum atomic E-state index is 4.46. The summed E-state index contributed by atoms with van der Waals surface area (Å²) in [7, 11) is 1.91. The Labute approximate surface area is 129 Å². The monoisotopic (exact) mass is 296 g/mol. The molecule has 1 fully saturated rings. The third kappa shape index (κ3) is 5.51. The van der Waals surface area contributed by atoms with Crippen LogP contribution in [0.2, 0.25) is 0 Å². The van der Waals surface area contributed by atoms with Crippen LogP contribution in [0.1, 0.15) is 59.8 Å². The van der Waals surface area contributed by atoms with Gasteiger partial charge in [-0.2, -0.15) is 0 Å². The lowest BCUT2D eigenvalue weighted by molar-refractivity contribution is 0.194. The van der Waals surface area contributed by atoms with Crippen LogP contribution < -0.4 is 5.32 Å². The average Bonchev–Trinajstić information content (AvgIpc) is 2.45. The lowest BCUT2D eigenvalue weighted by atomic mass is 9.74. The van der Waals surface area contributed by atoms with Gasteiger partial charge in [0.2, 0.25) is 0 Å². The number of nitrogens with one attached hydrogen (secondary N) is 1. The lowest BCUT2D eigenvalue weighted by Gasteiger charge is -2.38. The number of hydrogen-bond donors (Lipinski definition) is 1. The summed E-state index contributed by atoms with van der Waals surface area (Å²) in [5, 5.41) is 4.88. The van der Waals surface area contributed by atoms with Crippen LogP contribution in [-0.2, 0) is 0 Å². The molecule has 2 unspecified atom stereocenters. The zero-order valence-corrected chi connectivity index (χ0v) is 14.7. The van der Waals surface area contributed by atoms with Gasteiger partial charge < -0.3 is 5.32 Å². The maximum Gasteiger partial charge on any atom is 0.156 e.